The second-order valence-corrected chi connectivity index (χ2v) is 11.1. The second-order valence-electron chi connectivity index (χ2n) is 8.63. The van der Waals surface area contributed by atoms with Gasteiger partial charge in [-0.1, -0.05) is 17.7 Å². The molecule has 0 aliphatic carbocycles. The molecule has 11 heteroatoms. The quantitative estimate of drug-likeness (QED) is 0.339. The molecule has 0 spiro atoms. The molecule has 3 N–H and O–H groups in total. The van der Waals surface area contributed by atoms with Crippen LogP contribution < -0.4 is 10.6 Å². The van der Waals surface area contributed by atoms with E-state index in [9.17, 15) is 13.2 Å². The van der Waals surface area contributed by atoms with Gasteiger partial charge in [-0.2, -0.15) is 5.10 Å². The summed E-state index contributed by atoms with van der Waals surface area (Å²) in [5.74, 6) is -0.691. The lowest BCUT2D eigenvalue weighted by Gasteiger charge is -2.27. The van der Waals surface area contributed by atoms with E-state index in [-0.39, 0.29) is 21.1 Å². The molecule has 188 valence electrons. The standard InChI is InChI=1S/C26H21ClFN5O3S/c1-14-23(26(34)31-18-6-10-22-16(11-18)13-29-33-22)24(20-9-5-17(27)12-21(20)28)32-25(30-14)15-3-7-19(8-4-15)37(2,35)36/h3-13,24H,1-2H3,(H,29,33)(H,30,32)(H,31,34). The van der Waals surface area contributed by atoms with Gasteiger partial charge in [0.2, 0.25) is 0 Å². The molecule has 1 unspecified atom stereocenters. The lowest BCUT2D eigenvalue weighted by molar-refractivity contribution is -0.113. The van der Waals surface area contributed by atoms with Crippen molar-refractivity contribution >= 4 is 49.8 Å². The molecule has 0 radical (unpaired) electrons. The highest BCUT2D eigenvalue weighted by atomic mass is 35.5. The average Bonchev–Trinajstić information content (AvgIpc) is 3.31. The van der Waals surface area contributed by atoms with Gasteiger partial charge in [0.1, 0.15) is 17.7 Å². The van der Waals surface area contributed by atoms with Crippen LogP contribution in [0.5, 0.6) is 0 Å². The van der Waals surface area contributed by atoms with Gasteiger partial charge in [-0.25, -0.2) is 12.8 Å². The van der Waals surface area contributed by atoms with E-state index in [4.69, 9.17) is 11.6 Å². The summed E-state index contributed by atoms with van der Waals surface area (Å²) in [5, 5.41) is 13.9. The third kappa shape index (κ3) is 4.98. The van der Waals surface area contributed by atoms with Crippen LogP contribution in [-0.4, -0.2) is 36.6 Å². The highest BCUT2D eigenvalue weighted by Crippen LogP contribution is 2.35. The number of sulfone groups is 1. The topological polar surface area (TPSA) is 116 Å². The molecule has 3 aromatic carbocycles. The maximum atomic E-state index is 15.1. The normalized spacial score (nSPS) is 15.9. The number of carbonyl (C=O) groups excluding carboxylic acids is 1. The Balaban J connectivity index is 1.54. The Morgan fingerprint density at radius 3 is 2.54 bits per heavy atom. The molecule has 37 heavy (non-hydrogen) atoms. The number of rotatable bonds is 5. The molecule has 1 aliphatic rings. The number of aromatic nitrogens is 2. The minimum atomic E-state index is -3.37. The van der Waals surface area contributed by atoms with Crippen molar-refractivity contribution in [1.29, 1.82) is 0 Å². The first-order chi connectivity index (χ1) is 17.6. The zero-order chi connectivity index (χ0) is 26.3. The zero-order valence-corrected chi connectivity index (χ0v) is 21.3. The van der Waals surface area contributed by atoms with Gasteiger partial charge in [0.25, 0.3) is 5.91 Å². The summed E-state index contributed by atoms with van der Waals surface area (Å²) in [6.45, 7) is 1.70. The summed E-state index contributed by atoms with van der Waals surface area (Å²) in [5.41, 5.74) is 2.82. The molecule has 1 atom stereocenters. The van der Waals surface area contributed by atoms with E-state index >= 15 is 4.39 Å². The molecule has 0 saturated carbocycles. The molecule has 1 aliphatic heterocycles. The first-order valence-electron chi connectivity index (χ1n) is 11.2. The summed E-state index contributed by atoms with van der Waals surface area (Å²) >= 11 is 5.97. The zero-order valence-electron chi connectivity index (χ0n) is 19.7. The van der Waals surface area contributed by atoms with Crippen LogP contribution in [-0.2, 0) is 14.6 Å². The van der Waals surface area contributed by atoms with Crippen molar-refractivity contribution < 1.29 is 17.6 Å². The van der Waals surface area contributed by atoms with Crippen LogP contribution in [0, 0.1) is 5.82 Å². The molecule has 1 aromatic heterocycles. The highest BCUT2D eigenvalue weighted by molar-refractivity contribution is 7.90. The maximum absolute atomic E-state index is 15.1. The molecule has 0 saturated heterocycles. The number of H-pyrrole nitrogens is 1. The molecule has 1 amide bonds. The van der Waals surface area contributed by atoms with Crippen LogP contribution in [0.15, 0.2) is 88.0 Å². The smallest absolute Gasteiger partial charge is 0.255 e. The van der Waals surface area contributed by atoms with E-state index < -0.39 is 27.6 Å². The van der Waals surface area contributed by atoms with E-state index in [1.807, 2.05) is 0 Å². The lowest BCUT2D eigenvalue weighted by atomic mass is 9.94. The van der Waals surface area contributed by atoms with Crippen molar-refractivity contribution in [2.75, 3.05) is 11.6 Å². The summed E-state index contributed by atoms with van der Waals surface area (Å²) in [6, 6.07) is 14.7. The summed E-state index contributed by atoms with van der Waals surface area (Å²) in [7, 11) is -3.37. The molecule has 0 bridgehead atoms. The lowest BCUT2D eigenvalue weighted by Crippen LogP contribution is -2.34. The van der Waals surface area contributed by atoms with Crippen LogP contribution in [0.1, 0.15) is 24.1 Å². The molecular formula is C26H21ClFN5O3S. The van der Waals surface area contributed by atoms with Gasteiger partial charge in [-0.15, -0.1) is 0 Å². The number of aromatic amines is 1. The van der Waals surface area contributed by atoms with E-state index in [2.05, 4.69) is 25.8 Å². The molecule has 4 aromatic rings. The number of fused-ring (bicyclic) bond motifs is 1. The molecule has 8 nitrogen and oxygen atoms in total. The number of aliphatic imine (C=N–C) groups is 1. The predicted molar refractivity (Wildman–Crippen MR) is 141 cm³/mol. The fourth-order valence-electron chi connectivity index (χ4n) is 4.14. The van der Waals surface area contributed by atoms with E-state index in [1.165, 1.54) is 30.3 Å². The van der Waals surface area contributed by atoms with Gasteiger partial charge in [0.15, 0.2) is 9.84 Å². The highest BCUT2D eigenvalue weighted by Gasteiger charge is 2.31. The second kappa shape index (κ2) is 9.45. The number of amidine groups is 1. The summed E-state index contributed by atoms with van der Waals surface area (Å²) < 4.78 is 38.8. The minimum absolute atomic E-state index is 0.162. The van der Waals surface area contributed by atoms with Crippen LogP contribution in [0.3, 0.4) is 0 Å². The van der Waals surface area contributed by atoms with E-state index in [0.717, 1.165) is 17.2 Å². The largest absolute Gasteiger partial charge is 0.343 e. The average molecular weight is 538 g/mol. The Morgan fingerprint density at radius 2 is 1.84 bits per heavy atom. The number of nitrogens with one attached hydrogen (secondary N) is 3. The number of benzene rings is 3. The Morgan fingerprint density at radius 1 is 1.08 bits per heavy atom. The van der Waals surface area contributed by atoms with Crippen LogP contribution in [0.25, 0.3) is 10.9 Å². The fourth-order valence-corrected chi connectivity index (χ4v) is 4.93. The molecular weight excluding hydrogens is 517 g/mol. The first kappa shape index (κ1) is 24.7. The third-order valence-corrected chi connectivity index (χ3v) is 7.36. The van der Waals surface area contributed by atoms with Crippen molar-refractivity contribution in [2.45, 2.75) is 17.9 Å². The van der Waals surface area contributed by atoms with E-state index in [1.54, 1.807) is 43.5 Å². The van der Waals surface area contributed by atoms with Crippen LogP contribution in [0.2, 0.25) is 5.02 Å². The van der Waals surface area contributed by atoms with Gasteiger partial charge < -0.3 is 10.6 Å². The number of halogens is 2. The first-order valence-corrected chi connectivity index (χ1v) is 13.4. The monoisotopic (exact) mass is 537 g/mol. The number of amides is 1. The van der Waals surface area contributed by atoms with Crippen molar-refractivity contribution in [3.63, 3.8) is 0 Å². The van der Waals surface area contributed by atoms with Gasteiger partial charge in [-0.05, 0) is 61.5 Å². The fraction of sp³-hybridized carbons (Fsp3) is 0.115. The SMILES string of the molecule is CC1=C(C(=O)Nc2ccc3[nH]ncc3c2)C(c2ccc(Cl)cc2F)N=C(c2ccc(S(C)(=O)=O)cc2)N1. The van der Waals surface area contributed by atoms with Crippen molar-refractivity contribution in [3.05, 3.63) is 100 Å². The number of hydrogen-bond acceptors (Lipinski definition) is 6. The Bertz CT molecular complexity index is 1710. The summed E-state index contributed by atoms with van der Waals surface area (Å²) in [4.78, 5) is 18.3. The number of carbonyl (C=O) groups is 1. The Hall–Kier alpha value is -4.02. The molecule has 2 heterocycles. The summed E-state index contributed by atoms with van der Waals surface area (Å²) in [6.07, 6.45) is 2.77. The van der Waals surface area contributed by atoms with Gasteiger partial charge in [0, 0.05) is 39.2 Å². The van der Waals surface area contributed by atoms with Gasteiger partial charge in [-0.3, -0.25) is 14.9 Å². The van der Waals surface area contributed by atoms with E-state index in [0.29, 0.717) is 22.8 Å². The van der Waals surface area contributed by atoms with Gasteiger partial charge in [0.05, 0.1) is 22.2 Å². The van der Waals surface area contributed by atoms with Gasteiger partial charge >= 0.3 is 0 Å². The number of anilines is 1. The number of allylic oxidation sites excluding steroid dienone is 1. The van der Waals surface area contributed by atoms with Crippen molar-refractivity contribution in [2.24, 2.45) is 4.99 Å². The van der Waals surface area contributed by atoms with Crippen molar-refractivity contribution in [3.8, 4) is 0 Å². The third-order valence-electron chi connectivity index (χ3n) is 6.00. The molecule has 5 rings (SSSR count). The predicted octanol–water partition coefficient (Wildman–Crippen LogP) is 4.76. The van der Waals surface area contributed by atoms with Crippen molar-refractivity contribution in [1.82, 2.24) is 15.5 Å². The minimum Gasteiger partial charge on any atom is -0.343 e. The van der Waals surface area contributed by atoms with Crippen LogP contribution >= 0.6 is 11.6 Å². The number of nitrogens with zero attached hydrogens (tertiary/aromatic N) is 2. The Kier molecular flexibility index (Phi) is 6.30. The number of hydrogen-bond donors (Lipinski definition) is 3. The maximum Gasteiger partial charge on any atom is 0.255 e. The van der Waals surface area contributed by atoms with Crippen LogP contribution in [0.4, 0.5) is 10.1 Å². The Labute approximate surface area is 217 Å². The molecule has 0 fully saturated rings.